The molecule has 2 N–H and O–H groups in total. The van der Waals surface area contributed by atoms with E-state index in [1.807, 2.05) is 0 Å². The van der Waals surface area contributed by atoms with Gasteiger partial charge >= 0.3 is 0 Å². The zero-order valence-corrected chi connectivity index (χ0v) is 12.6. The third-order valence-electron chi connectivity index (χ3n) is 3.81. The Morgan fingerprint density at radius 3 is 2.30 bits per heavy atom. The normalized spacial score (nSPS) is 12.2. The highest BCUT2D eigenvalue weighted by Gasteiger charge is 2.11. The number of hydrogen-bond acceptors (Lipinski definition) is 2. The lowest BCUT2D eigenvalue weighted by atomic mass is 10.0. The van der Waals surface area contributed by atoms with E-state index in [2.05, 4.69) is 74.3 Å². The van der Waals surface area contributed by atoms with Crippen molar-refractivity contribution in [3.63, 3.8) is 0 Å². The van der Waals surface area contributed by atoms with E-state index in [4.69, 9.17) is 5.73 Å². The fourth-order valence-electron chi connectivity index (χ4n) is 2.49. The Bertz CT molecular complexity index is 546. The molecule has 106 valence electrons. The lowest BCUT2D eigenvalue weighted by Crippen LogP contribution is -2.29. The first kappa shape index (κ1) is 14.6. The third-order valence-corrected chi connectivity index (χ3v) is 3.81. The Hall–Kier alpha value is -1.80. The van der Waals surface area contributed by atoms with Crippen molar-refractivity contribution in [2.75, 3.05) is 18.5 Å². The molecule has 0 saturated heterocycles. The predicted octanol–water partition coefficient (Wildman–Crippen LogP) is 3.69. The van der Waals surface area contributed by atoms with Crippen LogP contribution in [0.15, 0.2) is 48.5 Å². The summed E-state index contributed by atoms with van der Waals surface area (Å²) in [6.07, 6.45) is 1.07. The van der Waals surface area contributed by atoms with Crippen molar-refractivity contribution in [2.24, 2.45) is 5.73 Å². The molecular weight excluding hydrogens is 244 g/mol. The molecule has 0 aliphatic rings. The van der Waals surface area contributed by atoms with Crippen LogP contribution in [-0.4, -0.2) is 13.6 Å². The summed E-state index contributed by atoms with van der Waals surface area (Å²) in [4.78, 5) is 2.23. The summed E-state index contributed by atoms with van der Waals surface area (Å²) in [5.74, 6) is 0. The molecule has 0 fully saturated rings. The number of para-hydroxylation sites is 1. The maximum atomic E-state index is 6.33. The summed E-state index contributed by atoms with van der Waals surface area (Å²) >= 11 is 0. The van der Waals surface area contributed by atoms with Crippen LogP contribution in [-0.2, 0) is 6.42 Å². The van der Waals surface area contributed by atoms with E-state index in [-0.39, 0.29) is 6.04 Å². The summed E-state index contributed by atoms with van der Waals surface area (Å²) in [5, 5.41) is 0. The van der Waals surface area contributed by atoms with Crippen LogP contribution >= 0.6 is 0 Å². The number of rotatable bonds is 5. The number of nitrogens with zero attached hydrogens (tertiary/aromatic N) is 1. The Labute approximate surface area is 122 Å². The van der Waals surface area contributed by atoms with Gasteiger partial charge in [-0.3, -0.25) is 0 Å². The SMILES string of the molecule is CCc1ccc(C(N)CN(C)c2ccccc2C)cc1. The van der Waals surface area contributed by atoms with Gasteiger partial charge in [-0.05, 0) is 36.1 Å². The molecule has 2 nitrogen and oxygen atoms in total. The molecule has 0 spiro atoms. The second-order valence-electron chi connectivity index (χ2n) is 5.37. The minimum Gasteiger partial charge on any atom is -0.372 e. The molecule has 0 aliphatic heterocycles. The van der Waals surface area contributed by atoms with Crippen LogP contribution < -0.4 is 10.6 Å². The lowest BCUT2D eigenvalue weighted by molar-refractivity contribution is 0.702. The van der Waals surface area contributed by atoms with Crippen LogP contribution in [0, 0.1) is 6.92 Å². The second kappa shape index (κ2) is 6.58. The van der Waals surface area contributed by atoms with E-state index in [1.54, 1.807) is 0 Å². The third kappa shape index (κ3) is 3.40. The van der Waals surface area contributed by atoms with Crippen LogP contribution in [0.5, 0.6) is 0 Å². The van der Waals surface area contributed by atoms with Gasteiger partial charge in [0.25, 0.3) is 0 Å². The maximum Gasteiger partial charge on any atom is 0.0473 e. The number of benzene rings is 2. The fraction of sp³-hybridized carbons (Fsp3) is 0.333. The van der Waals surface area contributed by atoms with Gasteiger partial charge in [0, 0.05) is 25.3 Å². The molecule has 20 heavy (non-hydrogen) atoms. The van der Waals surface area contributed by atoms with Gasteiger partial charge in [0.15, 0.2) is 0 Å². The Morgan fingerprint density at radius 1 is 1.05 bits per heavy atom. The molecule has 2 aromatic rings. The second-order valence-corrected chi connectivity index (χ2v) is 5.37. The number of aryl methyl sites for hydroxylation is 2. The van der Waals surface area contributed by atoms with Crippen molar-refractivity contribution >= 4 is 5.69 Å². The molecule has 1 unspecified atom stereocenters. The topological polar surface area (TPSA) is 29.3 Å². The van der Waals surface area contributed by atoms with E-state index in [1.165, 1.54) is 22.4 Å². The summed E-state index contributed by atoms with van der Waals surface area (Å²) in [6, 6.07) is 17.1. The minimum atomic E-state index is 0.0329. The Balaban J connectivity index is 2.06. The van der Waals surface area contributed by atoms with Crippen molar-refractivity contribution in [2.45, 2.75) is 26.3 Å². The molecular formula is C18H24N2. The monoisotopic (exact) mass is 268 g/mol. The molecule has 0 radical (unpaired) electrons. The largest absolute Gasteiger partial charge is 0.372 e. The van der Waals surface area contributed by atoms with Gasteiger partial charge in [-0.25, -0.2) is 0 Å². The summed E-state index contributed by atoms with van der Waals surface area (Å²) in [7, 11) is 2.10. The first-order chi connectivity index (χ1) is 9.61. The van der Waals surface area contributed by atoms with Gasteiger partial charge in [0.2, 0.25) is 0 Å². The van der Waals surface area contributed by atoms with Gasteiger partial charge in [0.05, 0.1) is 0 Å². The molecule has 0 saturated carbocycles. The first-order valence-electron chi connectivity index (χ1n) is 7.23. The van der Waals surface area contributed by atoms with Gasteiger partial charge in [0.1, 0.15) is 0 Å². The minimum absolute atomic E-state index is 0.0329. The van der Waals surface area contributed by atoms with Crippen molar-refractivity contribution in [1.82, 2.24) is 0 Å². The van der Waals surface area contributed by atoms with E-state index >= 15 is 0 Å². The standard InChI is InChI=1S/C18H24N2/c1-4-15-9-11-16(12-10-15)17(19)13-20(3)18-8-6-5-7-14(18)2/h5-12,17H,4,13,19H2,1-3H3. The lowest BCUT2D eigenvalue weighted by Gasteiger charge is -2.25. The van der Waals surface area contributed by atoms with Gasteiger partial charge in [-0.15, -0.1) is 0 Å². The molecule has 0 aliphatic carbocycles. The summed E-state index contributed by atoms with van der Waals surface area (Å²) in [5.41, 5.74) is 11.4. The highest BCUT2D eigenvalue weighted by molar-refractivity contribution is 5.52. The first-order valence-corrected chi connectivity index (χ1v) is 7.23. The van der Waals surface area contributed by atoms with Crippen molar-refractivity contribution < 1.29 is 0 Å². The Kier molecular flexibility index (Phi) is 4.80. The molecule has 1 atom stereocenters. The highest BCUT2D eigenvalue weighted by atomic mass is 15.1. The van der Waals surface area contributed by atoms with Crippen LogP contribution in [0.1, 0.15) is 29.7 Å². The number of hydrogen-bond donors (Lipinski definition) is 1. The summed E-state index contributed by atoms with van der Waals surface area (Å²) < 4.78 is 0. The van der Waals surface area contributed by atoms with Crippen LogP contribution in [0.3, 0.4) is 0 Å². The van der Waals surface area contributed by atoms with Crippen LogP contribution in [0.25, 0.3) is 0 Å². The zero-order valence-electron chi connectivity index (χ0n) is 12.6. The van der Waals surface area contributed by atoms with Crippen molar-refractivity contribution in [3.8, 4) is 0 Å². The highest BCUT2D eigenvalue weighted by Crippen LogP contribution is 2.21. The fourth-order valence-corrected chi connectivity index (χ4v) is 2.49. The van der Waals surface area contributed by atoms with Gasteiger partial charge < -0.3 is 10.6 Å². The summed E-state index contributed by atoms with van der Waals surface area (Å²) in [6.45, 7) is 5.12. The van der Waals surface area contributed by atoms with E-state index < -0.39 is 0 Å². The van der Waals surface area contributed by atoms with Gasteiger partial charge in [-0.2, -0.15) is 0 Å². The van der Waals surface area contributed by atoms with E-state index in [9.17, 15) is 0 Å². The van der Waals surface area contributed by atoms with Gasteiger partial charge in [-0.1, -0.05) is 49.4 Å². The molecule has 0 bridgehead atoms. The molecule has 0 heterocycles. The number of nitrogens with two attached hydrogens (primary N) is 1. The van der Waals surface area contributed by atoms with E-state index in [0.717, 1.165) is 13.0 Å². The number of anilines is 1. The molecule has 2 heteroatoms. The quantitative estimate of drug-likeness (QED) is 0.896. The van der Waals surface area contributed by atoms with Crippen LogP contribution in [0.2, 0.25) is 0 Å². The molecule has 0 aromatic heterocycles. The smallest absolute Gasteiger partial charge is 0.0473 e. The molecule has 2 rings (SSSR count). The van der Waals surface area contributed by atoms with E-state index in [0.29, 0.717) is 0 Å². The maximum absolute atomic E-state index is 6.33. The zero-order chi connectivity index (χ0) is 14.5. The molecule has 2 aromatic carbocycles. The average Bonchev–Trinajstić information content (AvgIpc) is 2.47. The van der Waals surface area contributed by atoms with Crippen LogP contribution in [0.4, 0.5) is 5.69 Å². The molecule has 0 amide bonds. The van der Waals surface area contributed by atoms with Crippen molar-refractivity contribution in [3.05, 3.63) is 65.2 Å². The average molecular weight is 268 g/mol. The Morgan fingerprint density at radius 2 is 1.70 bits per heavy atom. The number of likely N-dealkylation sites (N-methyl/N-ethyl adjacent to an activating group) is 1. The predicted molar refractivity (Wildman–Crippen MR) is 87.2 cm³/mol. The van der Waals surface area contributed by atoms with Crippen molar-refractivity contribution in [1.29, 1.82) is 0 Å².